The van der Waals surface area contributed by atoms with E-state index < -0.39 is 0 Å². The lowest BCUT2D eigenvalue weighted by Crippen LogP contribution is -2.07. The van der Waals surface area contributed by atoms with Crippen molar-refractivity contribution < 1.29 is 9.53 Å². The average molecular weight is 380 g/mol. The largest absolute Gasteiger partial charge is 0.466 e. The number of hydrogen-bond donors (Lipinski definition) is 0. The van der Waals surface area contributed by atoms with Crippen LogP contribution in [0, 0.1) is 0 Å². The van der Waals surface area contributed by atoms with Crippen molar-refractivity contribution >= 4 is 50.7 Å². The monoisotopic (exact) mass is 379 g/mol. The minimum atomic E-state index is -0.212. The highest BCUT2D eigenvalue weighted by Gasteiger charge is 2.11. The van der Waals surface area contributed by atoms with Gasteiger partial charge in [-0.05, 0) is 30.2 Å². The molecule has 0 aliphatic carbocycles. The number of aromatic nitrogens is 1. The fourth-order valence-electron chi connectivity index (χ4n) is 2.46. The SMILES string of the molecule is CCOC(=O)Cc1cccc(Cc2nc3c(Cl)c(Cl)ccc3s2)c1. The standard InChI is InChI=1S/C18H15Cl2NO2S/c1-2-23-16(22)10-12-5-3-4-11(8-12)9-15-21-18-14(24-15)7-6-13(19)17(18)20/h3-8H,2,9-10H2,1H3. The van der Waals surface area contributed by atoms with Crippen molar-refractivity contribution in [1.82, 2.24) is 4.98 Å². The Hall–Kier alpha value is -1.62. The van der Waals surface area contributed by atoms with Gasteiger partial charge in [0.05, 0.1) is 32.8 Å². The Morgan fingerprint density at radius 2 is 2.00 bits per heavy atom. The van der Waals surface area contributed by atoms with Crippen LogP contribution < -0.4 is 0 Å². The molecule has 3 nitrogen and oxygen atoms in total. The summed E-state index contributed by atoms with van der Waals surface area (Å²) < 4.78 is 6.01. The van der Waals surface area contributed by atoms with Gasteiger partial charge in [0.25, 0.3) is 0 Å². The molecule has 6 heteroatoms. The van der Waals surface area contributed by atoms with Crippen molar-refractivity contribution in [2.45, 2.75) is 19.8 Å². The summed E-state index contributed by atoms with van der Waals surface area (Å²) in [4.78, 5) is 16.2. The highest BCUT2D eigenvalue weighted by molar-refractivity contribution is 7.18. The van der Waals surface area contributed by atoms with Gasteiger partial charge in [0.1, 0.15) is 5.52 Å². The number of ether oxygens (including phenoxy) is 1. The number of carbonyl (C=O) groups is 1. The summed E-state index contributed by atoms with van der Waals surface area (Å²) in [6.07, 6.45) is 0.965. The Bertz CT molecular complexity index is 892. The first-order valence-corrected chi connectivity index (χ1v) is 9.11. The van der Waals surface area contributed by atoms with E-state index in [1.165, 1.54) is 0 Å². The van der Waals surface area contributed by atoms with Crippen LogP contribution in [0.4, 0.5) is 0 Å². The molecule has 1 heterocycles. The fourth-order valence-corrected chi connectivity index (χ4v) is 3.89. The lowest BCUT2D eigenvalue weighted by Gasteiger charge is -2.04. The van der Waals surface area contributed by atoms with Crippen molar-refractivity contribution in [1.29, 1.82) is 0 Å². The number of rotatable bonds is 5. The van der Waals surface area contributed by atoms with E-state index in [1.807, 2.05) is 30.3 Å². The summed E-state index contributed by atoms with van der Waals surface area (Å²) in [6.45, 7) is 2.20. The lowest BCUT2D eigenvalue weighted by molar-refractivity contribution is -0.142. The fraction of sp³-hybridized carbons (Fsp3) is 0.222. The van der Waals surface area contributed by atoms with E-state index in [0.717, 1.165) is 26.4 Å². The molecule has 0 atom stereocenters. The van der Waals surface area contributed by atoms with E-state index in [4.69, 9.17) is 27.9 Å². The molecule has 0 bridgehead atoms. The molecule has 0 amide bonds. The molecule has 0 radical (unpaired) electrons. The predicted molar refractivity (Wildman–Crippen MR) is 99.2 cm³/mol. The zero-order valence-electron chi connectivity index (χ0n) is 13.0. The topological polar surface area (TPSA) is 39.2 Å². The number of nitrogens with zero attached hydrogens (tertiary/aromatic N) is 1. The van der Waals surface area contributed by atoms with Crippen LogP contribution >= 0.6 is 34.5 Å². The smallest absolute Gasteiger partial charge is 0.310 e. The van der Waals surface area contributed by atoms with E-state index in [2.05, 4.69) is 4.98 Å². The van der Waals surface area contributed by atoms with Gasteiger partial charge in [0.15, 0.2) is 0 Å². The third-order valence-electron chi connectivity index (χ3n) is 3.50. The number of benzene rings is 2. The van der Waals surface area contributed by atoms with E-state index in [9.17, 15) is 4.79 Å². The van der Waals surface area contributed by atoms with Crippen LogP contribution in [0.25, 0.3) is 10.2 Å². The molecule has 0 fully saturated rings. The first kappa shape index (κ1) is 17.2. The Kier molecular flexibility index (Phi) is 5.39. The minimum Gasteiger partial charge on any atom is -0.466 e. The van der Waals surface area contributed by atoms with E-state index in [0.29, 0.717) is 23.1 Å². The number of halogens is 2. The second kappa shape index (κ2) is 7.51. The second-order valence-corrected chi connectivity index (χ2v) is 7.19. The molecule has 124 valence electrons. The summed E-state index contributed by atoms with van der Waals surface area (Å²) in [7, 11) is 0. The number of thiazole rings is 1. The Balaban J connectivity index is 1.81. The molecule has 0 unspecified atom stereocenters. The van der Waals surface area contributed by atoms with Crippen molar-refractivity contribution in [3.05, 3.63) is 62.6 Å². The first-order valence-electron chi connectivity index (χ1n) is 7.53. The third kappa shape index (κ3) is 3.89. The van der Waals surface area contributed by atoms with Crippen molar-refractivity contribution in [2.75, 3.05) is 6.61 Å². The van der Waals surface area contributed by atoms with Crippen LogP contribution in [0.3, 0.4) is 0 Å². The van der Waals surface area contributed by atoms with Gasteiger partial charge >= 0.3 is 5.97 Å². The number of hydrogen-bond acceptors (Lipinski definition) is 4. The molecule has 1 aromatic heterocycles. The molecule has 24 heavy (non-hydrogen) atoms. The van der Waals surface area contributed by atoms with Crippen LogP contribution in [0.5, 0.6) is 0 Å². The first-order chi connectivity index (χ1) is 11.6. The molecule has 2 aromatic carbocycles. The maximum atomic E-state index is 11.6. The van der Waals surface area contributed by atoms with Crippen molar-refractivity contribution in [2.24, 2.45) is 0 Å². The van der Waals surface area contributed by atoms with Gasteiger partial charge in [0.2, 0.25) is 0 Å². The molecular weight excluding hydrogens is 365 g/mol. The van der Waals surface area contributed by atoms with Crippen molar-refractivity contribution in [3.63, 3.8) is 0 Å². The molecule has 0 aliphatic heterocycles. The third-order valence-corrected chi connectivity index (χ3v) is 5.31. The molecule has 0 saturated carbocycles. The molecule has 0 saturated heterocycles. The van der Waals surface area contributed by atoms with Crippen LogP contribution in [0.1, 0.15) is 23.1 Å². The van der Waals surface area contributed by atoms with Gasteiger partial charge in [-0.1, -0.05) is 47.5 Å². The Labute approximate surface area is 154 Å². The predicted octanol–water partition coefficient (Wildman–Crippen LogP) is 5.30. The maximum absolute atomic E-state index is 11.6. The number of carbonyl (C=O) groups excluding carboxylic acids is 1. The van der Waals surface area contributed by atoms with Crippen LogP contribution in [-0.4, -0.2) is 17.6 Å². The molecule has 0 spiro atoms. The normalized spacial score (nSPS) is 11.0. The van der Waals surface area contributed by atoms with Gasteiger partial charge in [0, 0.05) is 6.42 Å². The Morgan fingerprint density at radius 1 is 1.21 bits per heavy atom. The van der Waals surface area contributed by atoms with E-state index >= 15 is 0 Å². The van der Waals surface area contributed by atoms with E-state index in [1.54, 1.807) is 24.3 Å². The quantitative estimate of drug-likeness (QED) is 0.564. The van der Waals surface area contributed by atoms with Crippen molar-refractivity contribution in [3.8, 4) is 0 Å². The van der Waals surface area contributed by atoms with Crippen LogP contribution in [0.15, 0.2) is 36.4 Å². The zero-order chi connectivity index (χ0) is 17.1. The number of fused-ring (bicyclic) bond motifs is 1. The summed E-state index contributed by atoms with van der Waals surface area (Å²) in [5, 5.41) is 1.97. The Morgan fingerprint density at radius 3 is 2.79 bits per heavy atom. The lowest BCUT2D eigenvalue weighted by atomic mass is 10.1. The summed E-state index contributed by atoms with van der Waals surface area (Å²) in [5.74, 6) is -0.212. The molecular formula is C18H15Cl2NO2S. The number of esters is 1. The molecule has 0 aliphatic rings. The van der Waals surface area contributed by atoms with Gasteiger partial charge in [-0.3, -0.25) is 4.79 Å². The summed E-state index contributed by atoms with van der Waals surface area (Å²) in [5.41, 5.74) is 2.78. The highest BCUT2D eigenvalue weighted by atomic mass is 35.5. The average Bonchev–Trinajstić information content (AvgIpc) is 2.95. The van der Waals surface area contributed by atoms with Crippen LogP contribution in [0.2, 0.25) is 10.0 Å². The summed E-state index contributed by atoms with van der Waals surface area (Å²) >= 11 is 13.9. The van der Waals surface area contributed by atoms with E-state index in [-0.39, 0.29) is 12.4 Å². The van der Waals surface area contributed by atoms with Gasteiger partial charge in [-0.15, -0.1) is 11.3 Å². The minimum absolute atomic E-state index is 0.212. The van der Waals surface area contributed by atoms with Gasteiger partial charge in [-0.2, -0.15) is 0 Å². The van der Waals surface area contributed by atoms with Gasteiger partial charge in [-0.25, -0.2) is 4.98 Å². The van der Waals surface area contributed by atoms with Gasteiger partial charge < -0.3 is 4.74 Å². The molecule has 3 rings (SSSR count). The summed E-state index contributed by atoms with van der Waals surface area (Å²) in [6, 6.07) is 11.6. The highest BCUT2D eigenvalue weighted by Crippen LogP contribution is 2.34. The van der Waals surface area contributed by atoms with Crippen LogP contribution in [-0.2, 0) is 22.4 Å². The zero-order valence-corrected chi connectivity index (χ0v) is 15.3. The molecule has 0 N–H and O–H groups in total. The second-order valence-electron chi connectivity index (χ2n) is 5.29. The maximum Gasteiger partial charge on any atom is 0.310 e. The molecule has 3 aromatic rings.